The Balaban J connectivity index is 2.79. The van der Waals surface area contributed by atoms with Gasteiger partial charge in [0.2, 0.25) is 0 Å². The van der Waals surface area contributed by atoms with Gasteiger partial charge in [-0.25, -0.2) is 4.79 Å². The average Bonchev–Trinajstić information content (AvgIpc) is 2.27. The number of benzene rings is 1. The average molecular weight is 261 g/mol. The van der Waals surface area contributed by atoms with Crippen LogP contribution in [0.2, 0.25) is 5.02 Å². The van der Waals surface area contributed by atoms with Crippen molar-refractivity contribution in [1.82, 2.24) is 0 Å². The van der Waals surface area contributed by atoms with E-state index in [1.165, 1.54) is 25.3 Å². The van der Waals surface area contributed by atoms with Gasteiger partial charge in [0, 0.05) is 7.11 Å². The predicted molar refractivity (Wildman–Crippen MR) is 61.8 cm³/mol. The molecule has 1 rings (SSSR count). The number of carboxylic acids is 1. The molecule has 0 heterocycles. The summed E-state index contributed by atoms with van der Waals surface area (Å²) in [4.78, 5) is 10.9. The Bertz CT molecular complexity index is 393. The van der Waals surface area contributed by atoms with Crippen molar-refractivity contribution in [3.05, 3.63) is 28.8 Å². The Morgan fingerprint density at radius 2 is 2.18 bits per heavy atom. The minimum atomic E-state index is -1.14. The zero-order valence-electron chi connectivity index (χ0n) is 9.22. The molecule has 0 fully saturated rings. The molecule has 0 amide bonds. The number of para-hydroxylation sites is 1. The van der Waals surface area contributed by atoms with Crippen molar-refractivity contribution in [3.8, 4) is 5.75 Å². The van der Waals surface area contributed by atoms with Gasteiger partial charge >= 0.3 is 5.97 Å². The molecule has 0 aliphatic carbocycles. The van der Waals surface area contributed by atoms with E-state index in [0.717, 1.165) is 0 Å². The molecule has 0 aliphatic rings. The van der Waals surface area contributed by atoms with E-state index in [-0.39, 0.29) is 29.5 Å². The highest BCUT2D eigenvalue weighted by atomic mass is 35.5. The third kappa shape index (κ3) is 3.89. The van der Waals surface area contributed by atoms with Gasteiger partial charge in [-0.1, -0.05) is 17.7 Å². The van der Waals surface area contributed by atoms with E-state index in [4.69, 9.17) is 26.2 Å². The fraction of sp³-hybridized carbons (Fsp3) is 0.364. The lowest BCUT2D eigenvalue weighted by Gasteiger charge is -2.14. The molecule has 6 heteroatoms. The molecule has 0 aromatic heterocycles. The third-order valence-corrected chi connectivity index (χ3v) is 2.27. The highest BCUT2D eigenvalue weighted by Crippen LogP contribution is 2.28. The Morgan fingerprint density at radius 1 is 1.47 bits per heavy atom. The van der Waals surface area contributed by atoms with Gasteiger partial charge in [-0.15, -0.1) is 0 Å². The second-order valence-electron chi connectivity index (χ2n) is 3.34. The molecule has 0 bridgehead atoms. The van der Waals surface area contributed by atoms with Crippen molar-refractivity contribution in [1.29, 1.82) is 0 Å². The van der Waals surface area contributed by atoms with Crippen molar-refractivity contribution < 1.29 is 24.5 Å². The number of rotatable bonds is 6. The van der Waals surface area contributed by atoms with E-state index < -0.39 is 12.1 Å². The summed E-state index contributed by atoms with van der Waals surface area (Å²) < 4.78 is 9.92. The second kappa shape index (κ2) is 6.44. The molecule has 5 nitrogen and oxygen atoms in total. The number of halogens is 1. The maximum Gasteiger partial charge on any atom is 0.339 e. The van der Waals surface area contributed by atoms with Crippen LogP contribution in [0, 0.1) is 0 Å². The lowest BCUT2D eigenvalue weighted by Crippen LogP contribution is -2.23. The molecule has 0 radical (unpaired) electrons. The number of hydrogen-bond donors (Lipinski definition) is 2. The molecule has 1 unspecified atom stereocenters. The summed E-state index contributed by atoms with van der Waals surface area (Å²) in [6.45, 7) is 0.0186. The van der Waals surface area contributed by atoms with Crippen molar-refractivity contribution in [2.45, 2.75) is 6.10 Å². The first-order valence-corrected chi connectivity index (χ1v) is 5.25. The number of aromatic carboxylic acids is 1. The van der Waals surface area contributed by atoms with Gasteiger partial charge in [0.25, 0.3) is 0 Å². The van der Waals surface area contributed by atoms with E-state index in [1.807, 2.05) is 0 Å². The number of hydrogen-bond acceptors (Lipinski definition) is 4. The molecule has 1 aromatic rings. The number of ether oxygens (including phenoxy) is 2. The highest BCUT2D eigenvalue weighted by molar-refractivity contribution is 6.32. The highest BCUT2D eigenvalue weighted by Gasteiger charge is 2.15. The van der Waals surface area contributed by atoms with Crippen LogP contribution in [-0.4, -0.2) is 42.6 Å². The van der Waals surface area contributed by atoms with Gasteiger partial charge in [0.1, 0.15) is 18.3 Å². The molecule has 0 saturated carbocycles. The summed E-state index contributed by atoms with van der Waals surface area (Å²) in [5, 5.41) is 18.5. The van der Waals surface area contributed by atoms with Crippen molar-refractivity contribution in [3.63, 3.8) is 0 Å². The number of aliphatic hydroxyl groups is 1. The summed E-state index contributed by atoms with van der Waals surface area (Å²) in [5.74, 6) is -1.08. The summed E-state index contributed by atoms with van der Waals surface area (Å²) in [7, 11) is 1.45. The number of carbonyl (C=O) groups is 1. The standard InChI is InChI=1S/C11H13ClO5/c1-16-5-7(13)6-17-10-8(11(14)15)3-2-4-9(10)12/h2-4,7,13H,5-6H2,1H3,(H,14,15). The topological polar surface area (TPSA) is 76.0 Å². The third-order valence-electron chi connectivity index (χ3n) is 1.98. The lowest BCUT2D eigenvalue weighted by atomic mass is 10.2. The van der Waals surface area contributed by atoms with E-state index in [2.05, 4.69) is 0 Å². The van der Waals surface area contributed by atoms with Crippen molar-refractivity contribution in [2.24, 2.45) is 0 Å². The van der Waals surface area contributed by atoms with Gasteiger partial charge in [0.15, 0.2) is 5.75 Å². The molecule has 2 N–H and O–H groups in total. The summed E-state index contributed by atoms with van der Waals surface area (Å²) in [6.07, 6.45) is -0.835. The second-order valence-corrected chi connectivity index (χ2v) is 3.75. The quantitative estimate of drug-likeness (QED) is 0.809. The Morgan fingerprint density at radius 3 is 2.76 bits per heavy atom. The van der Waals surface area contributed by atoms with Gasteiger partial charge in [-0.2, -0.15) is 0 Å². The molecular formula is C11H13ClO5. The molecular weight excluding hydrogens is 248 g/mol. The monoisotopic (exact) mass is 260 g/mol. The molecule has 1 aromatic carbocycles. The first-order chi connectivity index (χ1) is 8.06. The van der Waals surface area contributed by atoms with Crippen LogP contribution < -0.4 is 4.74 Å². The van der Waals surface area contributed by atoms with Crippen LogP contribution in [0.15, 0.2) is 18.2 Å². The minimum Gasteiger partial charge on any atom is -0.488 e. The SMILES string of the molecule is COCC(O)COc1c(Cl)cccc1C(=O)O. The van der Waals surface area contributed by atoms with Gasteiger partial charge < -0.3 is 19.7 Å². The predicted octanol–water partition coefficient (Wildman–Crippen LogP) is 1.42. The number of carboxylic acid groups (broad SMARTS) is 1. The summed E-state index contributed by atoms with van der Waals surface area (Å²) in [5.41, 5.74) is -0.0397. The molecule has 0 saturated heterocycles. The van der Waals surface area contributed by atoms with Gasteiger partial charge in [0.05, 0.1) is 11.6 Å². The van der Waals surface area contributed by atoms with Crippen LogP contribution in [0.3, 0.4) is 0 Å². The van der Waals surface area contributed by atoms with Crippen molar-refractivity contribution >= 4 is 17.6 Å². The van der Waals surface area contributed by atoms with Crippen LogP contribution in [0.5, 0.6) is 5.75 Å². The lowest BCUT2D eigenvalue weighted by molar-refractivity contribution is 0.0319. The van der Waals surface area contributed by atoms with Crippen LogP contribution in [0.25, 0.3) is 0 Å². The maximum atomic E-state index is 10.9. The van der Waals surface area contributed by atoms with Gasteiger partial charge in [-0.3, -0.25) is 0 Å². The molecule has 0 spiro atoms. The van der Waals surface area contributed by atoms with E-state index >= 15 is 0 Å². The van der Waals surface area contributed by atoms with E-state index in [1.54, 1.807) is 0 Å². The summed E-state index contributed by atoms with van der Waals surface area (Å²) >= 11 is 5.83. The Kier molecular flexibility index (Phi) is 5.21. The number of methoxy groups -OCH3 is 1. The molecule has 94 valence electrons. The van der Waals surface area contributed by atoms with Crippen LogP contribution in [0.1, 0.15) is 10.4 Å². The smallest absolute Gasteiger partial charge is 0.339 e. The zero-order valence-corrected chi connectivity index (χ0v) is 9.98. The minimum absolute atomic E-state index is 0.0397. The Hall–Kier alpha value is -1.30. The first-order valence-electron chi connectivity index (χ1n) is 4.88. The largest absolute Gasteiger partial charge is 0.488 e. The zero-order chi connectivity index (χ0) is 12.8. The molecule has 0 aliphatic heterocycles. The van der Waals surface area contributed by atoms with Crippen LogP contribution in [0.4, 0.5) is 0 Å². The molecule has 1 atom stereocenters. The number of aliphatic hydroxyl groups excluding tert-OH is 1. The van der Waals surface area contributed by atoms with Gasteiger partial charge in [-0.05, 0) is 12.1 Å². The molecule has 17 heavy (non-hydrogen) atoms. The van der Waals surface area contributed by atoms with E-state index in [0.29, 0.717) is 0 Å². The van der Waals surface area contributed by atoms with Crippen LogP contribution in [-0.2, 0) is 4.74 Å². The van der Waals surface area contributed by atoms with Crippen LogP contribution >= 0.6 is 11.6 Å². The normalized spacial score (nSPS) is 12.2. The fourth-order valence-electron chi connectivity index (χ4n) is 1.24. The Labute approximate surface area is 104 Å². The maximum absolute atomic E-state index is 10.9. The first kappa shape index (κ1) is 13.8. The summed E-state index contributed by atoms with van der Waals surface area (Å²) in [6, 6.07) is 4.42. The van der Waals surface area contributed by atoms with Crippen molar-refractivity contribution in [2.75, 3.05) is 20.3 Å². The fourth-order valence-corrected chi connectivity index (χ4v) is 1.47. The van der Waals surface area contributed by atoms with E-state index in [9.17, 15) is 9.90 Å².